The molecule has 68 valence electrons. The lowest BCUT2D eigenvalue weighted by atomic mass is 9.95. The van der Waals surface area contributed by atoms with Crippen molar-refractivity contribution < 1.29 is 0 Å². The first-order valence-corrected chi connectivity index (χ1v) is 5.11. The fourth-order valence-corrected chi connectivity index (χ4v) is 2.15. The summed E-state index contributed by atoms with van der Waals surface area (Å²) < 4.78 is 0. The SMILES string of the molecule is CC1(c2ccc3c(c2)CNC3)CC1. The van der Waals surface area contributed by atoms with Gasteiger partial charge in [0.05, 0.1) is 0 Å². The molecule has 0 atom stereocenters. The summed E-state index contributed by atoms with van der Waals surface area (Å²) >= 11 is 0. The van der Waals surface area contributed by atoms with Crippen LogP contribution in [0.25, 0.3) is 0 Å². The number of fused-ring (bicyclic) bond motifs is 1. The Labute approximate surface area is 79.2 Å². The van der Waals surface area contributed by atoms with E-state index in [0.717, 1.165) is 13.1 Å². The molecule has 0 aromatic heterocycles. The van der Waals surface area contributed by atoms with Gasteiger partial charge in [0.25, 0.3) is 0 Å². The van der Waals surface area contributed by atoms with Crippen molar-refractivity contribution in [1.82, 2.24) is 5.32 Å². The topological polar surface area (TPSA) is 12.0 Å². The van der Waals surface area contributed by atoms with E-state index in [0.29, 0.717) is 5.41 Å². The number of rotatable bonds is 1. The Morgan fingerprint density at radius 3 is 2.69 bits per heavy atom. The van der Waals surface area contributed by atoms with Crippen LogP contribution >= 0.6 is 0 Å². The van der Waals surface area contributed by atoms with Gasteiger partial charge in [-0.1, -0.05) is 25.1 Å². The predicted octanol–water partition coefficient (Wildman–Crippen LogP) is 2.34. The van der Waals surface area contributed by atoms with Crippen LogP contribution in [-0.4, -0.2) is 0 Å². The summed E-state index contributed by atoms with van der Waals surface area (Å²) in [6.45, 7) is 4.50. The molecule has 0 saturated heterocycles. The Morgan fingerprint density at radius 2 is 1.92 bits per heavy atom. The molecule has 1 aromatic carbocycles. The molecule has 0 spiro atoms. The standard InChI is InChI=1S/C12H15N/c1-12(4-5-12)11-3-2-9-7-13-8-10(9)6-11/h2-3,6,13H,4-5,7-8H2,1H3. The summed E-state index contributed by atoms with van der Waals surface area (Å²) in [7, 11) is 0. The number of hydrogen-bond donors (Lipinski definition) is 1. The first kappa shape index (κ1) is 7.57. The van der Waals surface area contributed by atoms with Crippen LogP contribution in [0.5, 0.6) is 0 Å². The molecule has 0 radical (unpaired) electrons. The van der Waals surface area contributed by atoms with E-state index in [1.165, 1.54) is 24.0 Å². The molecule has 0 bridgehead atoms. The Kier molecular flexibility index (Phi) is 1.37. The van der Waals surface area contributed by atoms with Gasteiger partial charge in [-0.05, 0) is 34.9 Å². The molecule has 1 aliphatic carbocycles. The smallest absolute Gasteiger partial charge is 0.0212 e. The largest absolute Gasteiger partial charge is 0.309 e. The molecule has 0 amide bonds. The third kappa shape index (κ3) is 1.11. The van der Waals surface area contributed by atoms with Gasteiger partial charge in [-0.3, -0.25) is 0 Å². The van der Waals surface area contributed by atoms with E-state index in [4.69, 9.17) is 0 Å². The monoisotopic (exact) mass is 173 g/mol. The number of hydrogen-bond acceptors (Lipinski definition) is 1. The maximum absolute atomic E-state index is 3.39. The van der Waals surface area contributed by atoms with Crippen LogP contribution in [0.4, 0.5) is 0 Å². The van der Waals surface area contributed by atoms with Crippen molar-refractivity contribution >= 4 is 0 Å². The third-order valence-corrected chi connectivity index (χ3v) is 3.53. The van der Waals surface area contributed by atoms with E-state index in [1.807, 2.05) is 0 Å². The van der Waals surface area contributed by atoms with E-state index >= 15 is 0 Å². The molecule has 1 aliphatic heterocycles. The summed E-state index contributed by atoms with van der Waals surface area (Å²) in [5, 5.41) is 3.39. The number of nitrogens with one attached hydrogen (secondary N) is 1. The summed E-state index contributed by atoms with van der Waals surface area (Å²) in [6, 6.07) is 7.02. The van der Waals surface area contributed by atoms with Gasteiger partial charge in [0.1, 0.15) is 0 Å². The number of benzene rings is 1. The summed E-state index contributed by atoms with van der Waals surface area (Å²) in [5.74, 6) is 0. The normalized spacial score (nSPS) is 22.8. The highest BCUT2D eigenvalue weighted by Gasteiger charge is 2.39. The fraction of sp³-hybridized carbons (Fsp3) is 0.500. The molecule has 1 fully saturated rings. The van der Waals surface area contributed by atoms with E-state index in [9.17, 15) is 0 Å². The zero-order valence-electron chi connectivity index (χ0n) is 8.06. The van der Waals surface area contributed by atoms with Crippen LogP contribution in [0.3, 0.4) is 0 Å². The summed E-state index contributed by atoms with van der Waals surface area (Å²) in [6.07, 6.45) is 2.75. The minimum absolute atomic E-state index is 0.525. The van der Waals surface area contributed by atoms with Crippen LogP contribution in [0.1, 0.15) is 36.5 Å². The lowest BCUT2D eigenvalue weighted by Crippen LogP contribution is -2.01. The minimum atomic E-state index is 0.525. The predicted molar refractivity (Wildman–Crippen MR) is 53.6 cm³/mol. The highest BCUT2D eigenvalue weighted by Crippen LogP contribution is 2.47. The van der Waals surface area contributed by atoms with Crippen molar-refractivity contribution in [3.63, 3.8) is 0 Å². The first-order chi connectivity index (χ1) is 6.28. The molecule has 1 heteroatoms. The van der Waals surface area contributed by atoms with Gasteiger partial charge >= 0.3 is 0 Å². The van der Waals surface area contributed by atoms with Gasteiger partial charge in [-0.15, -0.1) is 0 Å². The minimum Gasteiger partial charge on any atom is -0.309 e. The van der Waals surface area contributed by atoms with Crippen LogP contribution < -0.4 is 5.32 Å². The average Bonchev–Trinajstić information content (AvgIpc) is 2.74. The molecule has 1 heterocycles. The van der Waals surface area contributed by atoms with Gasteiger partial charge in [0.15, 0.2) is 0 Å². The lowest BCUT2D eigenvalue weighted by Gasteiger charge is -2.10. The van der Waals surface area contributed by atoms with E-state index in [2.05, 4.69) is 30.4 Å². The van der Waals surface area contributed by atoms with Crippen molar-refractivity contribution in [2.24, 2.45) is 0 Å². The molecule has 13 heavy (non-hydrogen) atoms. The van der Waals surface area contributed by atoms with E-state index in [-0.39, 0.29) is 0 Å². The summed E-state index contributed by atoms with van der Waals surface area (Å²) in [4.78, 5) is 0. The quantitative estimate of drug-likeness (QED) is 0.687. The van der Waals surface area contributed by atoms with Crippen molar-refractivity contribution in [3.05, 3.63) is 34.9 Å². The zero-order chi connectivity index (χ0) is 8.89. The van der Waals surface area contributed by atoms with E-state index < -0.39 is 0 Å². The van der Waals surface area contributed by atoms with Crippen LogP contribution in [0.2, 0.25) is 0 Å². The highest BCUT2D eigenvalue weighted by molar-refractivity contribution is 5.39. The van der Waals surface area contributed by atoms with Crippen molar-refractivity contribution in [1.29, 1.82) is 0 Å². The lowest BCUT2D eigenvalue weighted by molar-refractivity contribution is 0.762. The Balaban J connectivity index is 2.05. The second-order valence-electron chi connectivity index (χ2n) is 4.65. The fourth-order valence-electron chi connectivity index (χ4n) is 2.15. The zero-order valence-corrected chi connectivity index (χ0v) is 8.06. The Bertz CT molecular complexity index is 350. The van der Waals surface area contributed by atoms with Crippen LogP contribution in [-0.2, 0) is 18.5 Å². The molecular formula is C12H15N. The molecule has 1 aromatic rings. The summed E-state index contributed by atoms with van der Waals surface area (Å²) in [5.41, 5.74) is 5.09. The Hall–Kier alpha value is -0.820. The molecule has 2 aliphatic rings. The molecule has 1 nitrogen and oxygen atoms in total. The molecule has 0 unspecified atom stereocenters. The van der Waals surface area contributed by atoms with Gasteiger partial charge in [-0.2, -0.15) is 0 Å². The van der Waals surface area contributed by atoms with Gasteiger partial charge < -0.3 is 5.32 Å². The average molecular weight is 173 g/mol. The van der Waals surface area contributed by atoms with Gasteiger partial charge in [0.2, 0.25) is 0 Å². The van der Waals surface area contributed by atoms with Crippen LogP contribution in [0.15, 0.2) is 18.2 Å². The third-order valence-electron chi connectivity index (χ3n) is 3.53. The van der Waals surface area contributed by atoms with Gasteiger partial charge in [0, 0.05) is 13.1 Å². The van der Waals surface area contributed by atoms with Crippen molar-refractivity contribution in [3.8, 4) is 0 Å². The molecule has 3 rings (SSSR count). The van der Waals surface area contributed by atoms with E-state index in [1.54, 1.807) is 5.56 Å². The van der Waals surface area contributed by atoms with Crippen molar-refractivity contribution in [2.75, 3.05) is 0 Å². The second kappa shape index (κ2) is 2.36. The maximum Gasteiger partial charge on any atom is 0.0212 e. The van der Waals surface area contributed by atoms with Gasteiger partial charge in [-0.25, -0.2) is 0 Å². The molecule has 1 saturated carbocycles. The first-order valence-electron chi connectivity index (χ1n) is 5.11. The van der Waals surface area contributed by atoms with Crippen LogP contribution in [0, 0.1) is 0 Å². The highest BCUT2D eigenvalue weighted by atomic mass is 14.9. The Morgan fingerprint density at radius 1 is 1.15 bits per heavy atom. The molecular weight excluding hydrogens is 158 g/mol. The van der Waals surface area contributed by atoms with Crippen molar-refractivity contribution in [2.45, 2.75) is 38.3 Å². The molecule has 1 N–H and O–H groups in total. The second-order valence-corrected chi connectivity index (χ2v) is 4.65. The maximum atomic E-state index is 3.39.